The van der Waals surface area contributed by atoms with E-state index in [0.717, 1.165) is 42.7 Å². The van der Waals surface area contributed by atoms with Crippen LogP contribution in [0.4, 0.5) is 10.5 Å². The van der Waals surface area contributed by atoms with Gasteiger partial charge in [0.1, 0.15) is 5.52 Å². The molecule has 0 bridgehead atoms. The molecule has 6 heteroatoms. The normalized spacial score (nSPS) is 16.1. The van der Waals surface area contributed by atoms with Crippen molar-refractivity contribution in [3.05, 3.63) is 18.2 Å². The molecular weight excluding hydrogens is 254 g/mol. The molecule has 6 nitrogen and oxygen atoms in total. The second-order valence-corrected chi connectivity index (χ2v) is 5.25. The second-order valence-electron chi connectivity index (χ2n) is 5.25. The summed E-state index contributed by atoms with van der Waals surface area (Å²) >= 11 is 0. The summed E-state index contributed by atoms with van der Waals surface area (Å²) in [6, 6.07) is 5.66. The van der Waals surface area contributed by atoms with Gasteiger partial charge < -0.3 is 10.2 Å². The van der Waals surface area contributed by atoms with E-state index in [1.165, 1.54) is 12.8 Å². The Morgan fingerprint density at radius 1 is 1.20 bits per heavy atom. The van der Waals surface area contributed by atoms with Crippen LogP contribution < -0.4 is 5.32 Å². The van der Waals surface area contributed by atoms with Crippen LogP contribution in [0.5, 0.6) is 0 Å². The lowest BCUT2D eigenvalue weighted by atomic mass is 10.2. The molecule has 1 fully saturated rings. The summed E-state index contributed by atoms with van der Waals surface area (Å²) in [5.41, 5.74) is 2.52. The van der Waals surface area contributed by atoms with Gasteiger partial charge in [0.15, 0.2) is 0 Å². The summed E-state index contributed by atoms with van der Waals surface area (Å²) in [6.45, 7) is 1.69. The van der Waals surface area contributed by atoms with Crippen molar-refractivity contribution in [3.8, 4) is 0 Å². The van der Waals surface area contributed by atoms with Gasteiger partial charge in [-0.25, -0.2) is 9.48 Å². The Morgan fingerprint density at radius 3 is 2.70 bits per heavy atom. The first-order chi connectivity index (χ1) is 9.74. The van der Waals surface area contributed by atoms with Crippen molar-refractivity contribution >= 4 is 22.8 Å². The minimum absolute atomic E-state index is 0.0184. The number of fused-ring (bicyclic) bond motifs is 1. The number of anilines is 1. The summed E-state index contributed by atoms with van der Waals surface area (Å²) in [5.74, 6) is 0. The van der Waals surface area contributed by atoms with Gasteiger partial charge in [0, 0.05) is 25.8 Å². The van der Waals surface area contributed by atoms with Gasteiger partial charge in [-0.2, -0.15) is 0 Å². The number of carbonyl (C=O) groups excluding carboxylic acids is 1. The largest absolute Gasteiger partial charge is 0.325 e. The lowest BCUT2D eigenvalue weighted by Crippen LogP contribution is -2.35. The predicted molar refractivity (Wildman–Crippen MR) is 77.6 cm³/mol. The van der Waals surface area contributed by atoms with Crippen LogP contribution in [0.25, 0.3) is 11.0 Å². The van der Waals surface area contributed by atoms with Crippen LogP contribution in [-0.2, 0) is 7.05 Å². The molecule has 3 rings (SSSR count). The molecule has 20 heavy (non-hydrogen) atoms. The molecule has 2 amide bonds. The highest BCUT2D eigenvalue weighted by atomic mass is 16.2. The Morgan fingerprint density at radius 2 is 1.95 bits per heavy atom. The fourth-order valence-corrected chi connectivity index (χ4v) is 2.59. The van der Waals surface area contributed by atoms with Crippen molar-refractivity contribution in [2.45, 2.75) is 25.7 Å². The third-order valence-electron chi connectivity index (χ3n) is 3.76. The van der Waals surface area contributed by atoms with E-state index in [9.17, 15) is 4.79 Å². The van der Waals surface area contributed by atoms with E-state index in [2.05, 4.69) is 15.6 Å². The van der Waals surface area contributed by atoms with Crippen molar-refractivity contribution < 1.29 is 4.79 Å². The summed E-state index contributed by atoms with van der Waals surface area (Å²) in [7, 11) is 1.85. The van der Waals surface area contributed by atoms with Gasteiger partial charge in [0.05, 0.1) is 5.52 Å². The average Bonchev–Trinajstić information content (AvgIpc) is 2.68. The van der Waals surface area contributed by atoms with E-state index in [4.69, 9.17) is 0 Å². The maximum absolute atomic E-state index is 12.2. The number of rotatable bonds is 1. The number of nitrogens with one attached hydrogen (secondary N) is 1. The first kappa shape index (κ1) is 12.9. The predicted octanol–water partition coefficient (Wildman–Crippen LogP) is 2.38. The molecule has 1 aromatic heterocycles. The third-order valence-corrected chi connectivity index (χ3v) is 3.76. The van der Waals surface area contributed by atoms with Gasteiger partial charge in [-0.1, -0.05) is 18.1 Å². The van der Waals surface area contributed by atoms with E-state index in [1.807, 2.05) is 30.1 Å². The highest BCUT2D eigenvalue weighted by Gasteiger charge is 2.15. The zero-order valence-corrected chi connectivity index (χ0v) is 11.7. The van der Waals surface area contributed by atoms with Crippen LogP contribution in [0.1, 0.15) is 25.7 Å². The summed E-state index contributed by atoms with van der Waals surface area (Å²) in [6.07, 6.45) is 4.62. The van der Waals surface area contributed by atoms with Crippen molar-refractivity contribution in [2.75, 3.05) is 18.4 Å². The first-order valence-corrected chi connectivity index (χ1v) is 7.09. The minimum atomic E-state index is -0.0184. The highest BCUT2D eigenvalue weighted by Crippen LogP contribution is 2.17. The molecule has 106 valence electrons. The van der Waals surface area contributed by atoms with E-state index < -0.39 is 0 Å². The molecular formula is C14H19N5O. The Hall–Kier alpha value is -2.11. The lowest BCUT2D eigenvalue weighted by molar-refractivity contribution is 0.214. The van der Waals surface area contributed by atoms with Crippen LogP contribution in [0.2, 0.25) is 0 Å². The van der Waals surface area contributed by atoms with Crippen molar-refractivity contribution in [1.29, 1.82) is 0 Å². The van der Waals surface area contributed by atoms with Crippen LogP contribution in [0.3, 0.4) is 0 Å². The molecule has 0 radical (unpaired) electrons. The fourth-order valence-electron chi connectivity index (χ4n) is 2.59. The first-order valence-electron chi connectivity index (χ1n) is 7.09. The Bertz CT molecular complexity index is 613. The van der Waals surface area contributed by atoms with Crippen LogP contribution >= 0.6 is 0 Å². The molecule has 0 saturated carbocycles. The third kappa shape index (κ3) is 2.59. The molecule has 0 unspecified atom stereocenters. The molecule has 1 saturated heterocycles. The lowest BCUT2D eigenvalue weighted by Gasteiger charge is -2.20. The molecule has 1 aliphatic rings. The average molecular weight is 273 g/mol. The van der Waals surface area contributed by atoms with Gasteiger partial charge in [-0.05, 0) is 31.0 Å². The summed E-state index contributed by atoms with van der Waals surface area (Å²) in [5, 5.41) is 11.0. The zero-order valence-electron chi connectivity index (χ0n) is 11.7. The number of carbonyl (C=O) groups is 1. The van der Waals surface area contributed by atoms with Crippen molar-refractivity contribution in [1.82, 2.24) is 19.9 Å². The molecule has 0 atom stereocenters. The van der Waals surface area contributed by atoms with E-state index in [1.54, 1.807) is 4.68 Å². The van der Waals surface area contributed by atoms with Crippen molar-refractivity contribution in [3.63, 3.8) is 0 Å². The number of nitrogens with zero attached hydrogens (tertiary/aromatic N) is 4. The number of hydrogen-bond acceptors (Lipinski definition) is 3. The quantitative estimate of drug-likeness (QED) is 0.867. The smallest absolute Gasteiger partial charge is 0.321 e. The molecule has 1 aromatic carbocycles. The number of urea groups is 1. The SMILES string of the molecule is Cn1nnc2cc(NC(=O)N3CCCCCC3)ccc21. The topological polar surface area (TPSA) is 63.1 Å². The Kier molecular flexibility index (Phi) is 3.54. The molecule has 1 N–H and O–H groups in total. The fraction of sp³-hybridized carbons (Fsp3) is 0.500. The monoisotopic (exact) mass is 273 g/mol. The maximum atomic E-state index is 12.2. The molecule has 2 aromatic rings. The van der Waals surface area contributed by atoms with Gasteiger partial charge in [-0.3, -0.25) is 0 Å². The number of aromatic nitrogens is 3. The number of likely N-dealkylation sites (tertiary alicyclic amines) is 1. The maximum Gasteiger partial charge on any atom is 0.321 e. The van der Waals surface area contributed by atoms with E-state index in [-0.39, 0.29) is 6.03 Å². The van der Waals surface area contributed by atoms with Crippen LogP contribution in [0.15, 0.2) is 18.2 Å². The van der Waals surface area contributed by atoms with Gasteiger partial charge in [0.25, 0.3) is 0 Å². The Balaban J connectivity index is 1.73. The molecule has 0 spiro atoms. The van der Waals surface area contributed by atoms with E-state index in [0.29, 0.717) is 0 Å². The summed E-state index contributed by atoms with van der Waals surface area (Å²) < 4.78 is 1.72. The zero-order chi connectivity index (χ0) is 13.9. The van der Waals surface area contributed by atoms with E-state index >= 15 is 0 Å². The Labute approximate surface area is 117 Å². The highest BCUT2D eigenvalue weighted by molar-refractivity contribution is 5.91. The number of benzene rings is 1. The van der Waals surface area contributed by atoms with Gasteiger partial charge in [0.2, 0.25) is 0 Å². The number of aryl methyl sites for hydroxylation is 1. The standard InChI is InChI=1S/C14H19N5O/c1-18-13-7-6-11(10-12(13)16-17-18)15-14(20)19-8-4-2-3-5-9-19/h6-7,10H,2-5,8-9H2,1H3,(H,15,20). The van der Waals surface area contributed by atoms with Crippen LogP contribution in [0, 0.1) is 0 Å². The minimum Gasteiger partial charge on any atom is -0.325 e. The van der Waals surface area contributed by atoms with Crippen molar-refractivity contribution in [2.24, 2.45) is 7.05 Å². The van der Waals surface area contributed by atoms with Gasteiger partial charge >= 0.3 is 6.03 Å². The molecule has 1 aliphatic heterocycles. The number of amides is 2. The number of hydrogen-bond donors (Lipinski definition) is 1. The van der Waals surface area contributed by atoms with Gasteiger partial charge in [-0.15, -0.1) is 5.10 Å². The molecule has 0 aliphatic carbocycles. The second kappa shape index (κ2) is 5.48. The van der Waals surface area contributed by atoms with Crippen LogP contribution in [-0.4, -0.2) is 39.0 Å². The summed E-state index contributed by atoms with van der Waals surface area (Å²) in [4.78, 5) is 14.1. The molecule has 2 heterocycles.